The van der Waals surface area contributed by atoms with Gasteiger partial charge in [0.1, 0.15) is 5.82 Å². The van der Waals surface area contributed by atoms with Gasteiger partial charge in [0.15, 0.2) is 0 Å². The van der Waals surface area contributed by atoms with E-state index in [9.17, 15) is 12.8 Å². The number of hydrogen-bond acceptors (Lipinski definition) is 4. The van der Waals surface area contributed by atoms with Crippen molar-refractivity contribution < 1.29 is 17.9 Å². The Hall–Kier alpha value is -1.77. The predicted octanol–water partition coefficient (Wildman–Crippen LogP) is 0.530. The van der Waals surface area contributed by atoms with E-state index in [0.29, 0.717) is 5.56 Å². The zero-order valence-electron chi connectivity index (χ0n) is 10.7. The summed E-state index contributed by atoms with van der Waals surface area (Å²) in [5.74, 6) is -0.677. The van der Waals surface area contributed by atoms with Gasteiger partial charge in [-0.1, -0.05) is 6.07 Å². The van der Waals surface area contributed by atoms with Crippen LogP contribution < -0.4 is 4.72 Å². The van der Waals surface area contributed by atoms with Gasteiger partial charge < -0.3 is 5.11 Å². The zero-order chi connectivity index (χ0) is 14.8. The number of nitrogens with zero attached hydrogens (tertiary/aromatic N) is 2. The number of hydrogen-bond donors (Lipinski definition) is 2. The van der Waals surface area contributed by atoms with Crippen molar-refractivity contribution >= 4 is 10.0 Å². The third kappa shape index (κ3) is 3.21. The van der Waals surface area contributed by atoms with Crippen molar-refractivity contribution in [3.8, 4) is 0 Å². The van der Waals surface area contributed by atoms with Crippen LogP contribution in [0.25, 0.3) is 0 Å². The molecule has 2 rings (SSSR count). The van der Waals surface area contributed by atoms with E-state index in [2.05, 4.69) is 9.82 Å². The van der Waals surface area contributed by atoms with Gasteiger partial charge in [-0.15, -0.1) is 0 Å². The average Bonchev–Trinajstić information content (AvgIpc) is 2.82. The van der Waals surface area contributed by atoms with Crippen LogP contribution in [0.15, 0.2) is 35.5 Å². The first-order chi connectivity index (χ1) is 9.42. The van der Waals surface area contributed by atoms with E-state index in [-0.39, 0.29) is 17.0 Å². The summed E-state index contributed by atoms with van der Waals surface area (Å²) >= 11 is 0. The lowest BCUT2D eigenvalue weighted by molar-refractivity contribution is 0.278. The van der Waals surface area contributed by atoms with Crippen LogP contribution in [0, 0.1) is 5.82 Å². The summed E-state index contributed by atoms with van der Waals surface area (Å²) in [4.78, 5) is -0.260. The predicted molar refractivity (Wildman–Crippen MR) is 69.6 cm³/mol. The molecule has 0 amide bonds. The number of aliphatic hydroxyl groups excluding tert-OH is 1. The molecule has 0 unspecified atom stereocenters. The van der Waals surface area contributed by atoms with Crippen molar-refractivity contribution in [3.05, 3.63) is 47.5 Å². The van der Waals surface area contributed by atoms with Crippen LogP contribution in [0.3, 0.4) is 0 Å². The molecule has 108 valence electrons. The molecule has 0 bridgehead atoms. The third-order valence-electron chi connectivity index (χ3n) is 2.71. The second-order valence-corrected chi connectivity index (χ2v) is 5.99. The molecule has 0 radical (unpaired) electrons. The molecule has 0 atom stereocenters. The fraction of sp³-hybridized carbons (Fsp3) is 0.250. The fourth-order valence-corrected chi connectivity index (χ4v) is 2.99. The molecular weight excluding hydrogens is 285 g/mol. The van der Waals surface area contributed by atoms with E-state index in [4.69, 9.17) is 5.11 Å². The largest absolute Gasteiger partial charge is 0.392 e. The summed E-state index contributed by atoms with van der Waals surface area (Å²) in [5, 5.41) is 13.1. The molecule has 0 saturated carbocycles. The molecule has 1 heterocycles. The first-order valence-corrected chi connectivity index (χ1v) is 7.27. The van der Waals surface area contributed by atoms with Crippen molar-refractivity contribution in [1.82, 2.24) is 14.5 Å². The van der Waals surface area contributed by atoms with Gasteiger partial charge in [0.2, 0.25) is 10.0 Å². The Morgan fingerprint density at radius 1 is 1.45 bits per heavy atom. The monoisotopic (exact) mass is 299 g/mol. The number of halogens is 1. The molecule has 0 aliphatic rings. The van der Waals surface area contributed by atoms with Crippen LogP contribution in [-0.2, 0) is 30.2 Å². The number of aryl methyl sites for hydroxylation is 1. The van der Waals surface area contributed by atoms with Crippen LogP contribution >= 0.6 is 0 Å². The molecule has 0 aliphatic heterocycles. The first kappa shape index (κ1) is 14.6. The fourth-order valence-electron chi connectivity index (χ4n) is 1.73. The SMILES string of the molecule is Cn1cc(CNS(=O)(=O)c2cc(F)ccc2CO)cn1. The smallest absolute Gasteiger partial charge is 0.241 e. The summed E-state index contributed by atoms with van der Waals surface area (Å²) in [5.41, 5.74) is 0.822. The van der Waals surface area contributed by atoms with Gasteiger partial charge in [-0.05, 0) is 17.7 Å². The lowest BCUT2D eigenvalue weighted by atomic mass is 10.2. The summed E-state index contributed by atoms with van der Waals surface area (Å²) in [6.07, 6.45) is 3.20. The maximum atomic E-state index is 13.2. The highest BCUT2D eigenvalue weighted by molar-refractivity contribution is 7.89. The molecule has 2 aromatic rings. The van der Waals surface area contributed by atoms with Gasteiger partial charge in [-0.3, -0.25) is 4.68 Å². The molecule has 2 N–H and O–H groups in total. The average molecular weight is 299 g/mol. The third-order valence-corrected chi connectivity index (χ3v) is 4.20. The molecule has 6 nitrogen and oxygen atoms in total. The Labute approximate surface area is 115 Å². The Kier molecular flexibility index (Phi) is 4.17. The number of nitrogens with one attached hydrogen (secondary N) is 1. The lowest BCUT2D eigenvalue weighted by Crippen LogP contribution is -2.24. The number of aromatic nitrogens is 2. The van der Waals surface area contributed by atoms with Crippen LogP contribution in [0.4, 0.5) is 4.39 Å². The maximum absolute atomic E-state index is 13.2. The maximum Gasteiger partial charge on any atom is 0.241 e. The van der Waals surface area contributed by atoms with Gasteiger partial charge in [0.25, 0.3) is 0 Å². The van der Waals surface area contributed by atoms with Crippen molar-refractivity contribution in [2.45, 2.75) is 18.0 Å². The molecule has 8 heteroatoms. The van der Waals surface area contributed by atoms with Crippen LogP contribution in [0.1, 0.15) is 11.1 Å². The highest BCUT2D eigenvalue weighted by atomic mass is 32.2. The Balaban J connectivity index is 2.24. The Bertz CT molecular complexity index is 712. The van der Waals surface area contributed by atoms with Crippen LogP contribution in [-0.4, -0.2) is 23.3 Å². The highest BCUT2D eigenvalue weighted by Gasteiger charge is 2.19. The zero-order valence-corrected chi connectivity index (χ0v) is 11.6. The minimum atomic E-state index is -3.90. The van der Waals surface area contributed by atoms with Gasteiger partial charge in [0, 0.05) is 25.4 Å². The minimum Gasteiger partial charge on any atom is -0.392 e. The summed E-state index contributed by atoms with van der Waals surface area (Å²) < 4.78 is 41.3. The molecule has 0 spiro atoms. The highest BCUT2D eigenvalue weighted by Crippen LogP contribution is 2.17. The molecule has 0 aliphatic carbocycles. The van der Waals surface area contributed by atoms with Crippen LogP contribution in [0.5, 0.6) is 0 Å². The molecule has 0 saturated heterocycles. The topological polar surface area (TPSA) is 84.2 Å². The molecule has 1 aromatic carbocycles. The summed E-state index contributed by atoms with van der Waals surface area (Å²) in [6, 6.07) is 3.23. The van der Waals surface area contributed by atoms with Gasteiger partial charge in [0.05, 0.1) is 17.7 Å². The van der Waals surface area contributed by atoms with Crippen molar-refractivity contribution in [2.75, 3.05) is 0 Å². The quantitative estimate of drug-likeness (QED) is 0.843. The number of aliphatic hydroxyl groups is 1. The van der Waals surface area contributed by atoms with Gasteiger partial charge in [-0.2, -0.15) is 5.10 Å². The first-order valence-electron chi connectivity index (χ1n) is 5.79. The van der Waals surface area contributed by atoms with Crippen LogP contribution in [0.2, 0.25) is 0 Å². The number of benzene rings is 1. The summed E-state index contributed by atoms with van der Waals surface area (Å²) in [7, 11) is -2.18. The van der Waals surface area contributed by atoms with Crippen molar-refractivity contribution in [1.29, 1.82) is 0 Å². The van der Waals surface area contributed by atoms with Gasteiger partial charge in [-0.25, -0.2) is 17.5 Å². The van der Waals surface area contributed by atoms with E-state index in [1.54, 1.807) is 17.9 Å². The molecule has 0 fully saturated rings. The second kappa shape index (κ2) is 5.70. The number of sulfonamides is 1. The minimum absolute atomic E-state index is 0.0392. The molecule has 20 heavy (non-hydrogen) atoms. The summed E-state index contributed by atoms with van der Waals surface area (Å²) in [6.45, 7) is -0.443. The van der Waals surface area contributed by atoms with E-state index in [1.165, 1.54) is 12.3 Å². The van der Waals surface area contributed by atoms with Gasteiger partial charge >= 0.3 is 0 Å². The van der Waals surface area contributed by atoms with E-state index in [0.717, 1.165) is 12.1 Å². The Morgan fingerprint density at radius 2 is 2.20 bits per heavy atom. The lowest BCUT2D eigenvalue weighted by Gasteiger charge is -2.09. The van der Waals surface area contributed by atoms with E-state index >= 15 is 0 Å². The second-order valence-electron chi connectivity index (χ2n) is 4.26. The molecular formula is C12H14FN3O3S. The van der Waals surface area contributed by atoms with E-state index in [1.807, 2.05) is 0 Å². The normalized spacial score (nSPS) is 11.8. The van der Waals surface area contributed by atoms with E-state index < -0.39 is 22.4 Å². The number of rotatable bonds is 5. The molecule has 1 aromatic heterocycles. The standard InChI is InChI=1S/C12H14FN3O3S/c1-16-7-9(5-14-16)6-15-20(18,19)12-4-11(13)3-2-10(12)8-17/h2-5,7,15,17H,6,8H2,1H3. The van der Waals surface area contributed by atoms with Crippen molar-refractivity contribution in [3.63, 3.8) is 0 Å². The Morgan fingerprint density at radius 3 is 2.80 bits per heavy atom. The van der Waals surface area contributed by atoms with Crippen molar-refractivity contribution in [2.24, 2.45) is 7.05 Å².